The third kappa shape index (κ3) is 7.98. The molecule has 0 bridgehead atoms. The number of carbonyl (C=O) groups is 4. The number of unbranched alkanes of at least 4 members (excludes halogenated alkanes) is 3. The molecule has 2 N–H and O–H groups in total. The van der Waals surface area contributed by atoms with Crippen molar-refractivity contribution in [1.82, 2.24) is 10.3 Å². The zero-order valence-corrected chi connectivity index (χ0v) is 16.9. The summed E-state index contributed by atoms with van der Waals surface area (Å²) in [7, 11) is 0. The second-order valence-corrected chi connectivity index (χ2v) is 7.03. The number of carboxylic acid groups (broad SMARTS) is 1. The summed E-state index contributed by atoms with van der Waals surface area (Å²) in [5.74, 6) is -1.60. The molecule has 0 fully saturated rings. The van der Waals surface area contributed by atoms with Crippen LogP contribution < -0.4 is 5.43 Å². The fourth-order valence-corrected chi connectivity index (χ4v) is 3.03. The number of carbonyl (C=O) groups excluding carboxylic acids is 3. The number of hydrogen-bond acceptors (Lipinski definition) is 5. The van der Waals surface area contributed by atoms with Gasteiger partial charge in [-0.3, -0.25) is 24.1 Å². The van der Waals surface area contributed by atoms with Crippen molar-refractivity contribution in [3.63, 3.8) is 0 Å². The molecule has 1 aliphatic heterocycles. The van der Waals surface area contributed by atoms with Crippen molar-refractivity contribution < 1.29 is 24.3 Å². The van der Waals surface area contributed by atoms with E-state index in [4.69, 9.17) is 5.11 Å². The number of amides is 3. The summed E-state index contributed by atoms with van der Waals surface area (Å²) in [6.07, 6.45) is 6.71. The fourth-order valence-electron chi connectivity index (χ4n) is 3.03. The first-order valence-electron chi connectivity index (χ1n) is 10.1. The third-order valence-electron chi connectivity index (χ3n) is 4.66. The van der Waals surface area contributed by atoms with Crippen LogP contribution >= 0.6 is 0 Å². The minimum atomic E-state index is -0.823. The SMILES string of the molecule is O=C(O)CCCC/C(=N\NC(=O)CCCCCN1C(=O)C=CC1=O)c1ccccc1. The van der Waals surface area contributed by atoms with Crippen molar-refractivity contribution in [2.45, 2.75) is 51.4 Å². The second-order valence-electron chi connectivity index (χ2n) is 7.03. The minimum absolute atomic E-state index is 0.110. The molecule has 0 unspecified atom stereocenters. The first kappa shape index (κ1) is 23.0. The molecule has 160 valence electrons. The predicted molar refractivity (Wildman–Crippen MR) is 112 cm³/mol. The lowest BCUT2D eigenvalue weighted by molar-refractivity contribution is -0.138. The number of benzene rings is 1. The Morgan fingerprint density at radius 1 is 0.867 bits per heavy atom. The van der Waals surface area contributed by atoms with Gasteiger partial charge in [-0.1, -0.05) is 36.8 Å². The fraction of sp³-hybridized carbons (Fsp3) is 0.409. The van der Waals surface area contributed by atoms with Crippen LogP contribution in [0, 0.1) is 0 Å². The van der Waals surface area contributed by atoms with Gasteiger partial charge in [0.2, 0.25) is 5.91 Å². The molecule has 0 saturated heterocycles. The van der Waals surface area contributed by atoms with Gasteiger partial charge in [-0.15, -0.1) is 0 Å². The number of aliphatic carboxylic acids is 1. The van der Waals surface area contributed by atoms with Crippen LogP contribution in [0.15, 0.2) is 47.6 Å². The Bertz CT molecular complexity index is 799. The number of imide groups is 1. The van der Waals surface area contributed by atoms with E-state index in [-0.39, 0.29) is 24.1 Å². The Labute approximate surface area is 175 Å². The molecule has 0 spiro atoms. The zero-order chi connectivity index (χ0) is 21.8. The molecular formula is C22H27N3O5. The highest BCUT2D eigenvalue weighted by molar-refractivity contribution is 6.12. The predicted octanol–water partition coefficient (Wildman–Crippen LogP) is 2.64. The van der Waals surface area contributed by atoms with Crippen LogP contribution in [-0.4, -0.2) is 46.0 Å². The highest BCUT2D eigenvalue weighted by atomic mass is 16.4. The topological polar surface area (TPSA) is 116 Å². The molecule has 0 aliphatic carbocycles. The van der Waals surface area contributed by atoms with Gasteiger partial charge in [0.25, 0.3) is 11.8 Å². The first-order valence-corrected chi connectivity index (χ1v) is 10.1. The smallest absolute Gasteiger partial charge is 0.303 e. The Morgan fingerprint density at radius 3 is 2.17 bits per heavy atom. The molecule has 0 saturated carbocycles. The maximum atomic E-state index is 12.1. The van der Waals surface area contributed by atoms with E-state index in [1.165, 1.54) is 17.1 Å². The number of hydrazone groups is 1. The van der Waals surface area contributed by atoms with Gasteiger partial charge in [-0.25, -0.2) is 5.43 Å². The van der Waals surface area contributed by atoms with Crippen molar-refractivity contribution in [2.75, 3.05) is 6.54 Å². The van der Waals surface area contributed by atoms with Gasteiger partial charge >= 0.3 is 5.97 Å². The zero-order valence-electron chi connectivity index (χ0n) is 16.9. The molecule has 0 aromatic heterocycles. The van der Waals surface area contributed by atoms with Gasteiger partial charge in [-0.05, 0) is 37.7 Å². The quantitative estimate of drug-likeness (QED) is 0.223. The molecule has 0 radical (unpaired) electrons. The molecular weight excluding hydrogens is 386 g/mol. The van der Waals surface area contributed by atoms with E-state index < -0.39 is 5.97 Å². The average molecular weight is 413 g/mol. The van der Waals surface area contributed by atoms with Crippen LogP contribution in [0.5, 0.6) is 0 Å². The molecule has 1 aromatic rings. The summed E-state index contributed by atoms with van der Waals surface area (Å²) < 4.78 is 0. The number of nitrogens with one attached hydrogen (secondary N) is 1. The number of nitrogens with zero attached hydrogens (tertiary/aromatic N) is 2. The number of carboxylic acids is 1. The summed E-state index contributed by atoms with van der Waals surface area (Å²) in [6, 6.07) is 9.46. The van der Waals surface area contributed by atoms with E-state index in [0.29, 0.717) is 50.8 Å². The van der Waals surface area contributed by atoms with Gasteiger partial charge in [0.15, 0.2) is 0 Å². The van der Waals surface area contributed by atoms with Gasteiger partial charge in [0, 0.05) is 31.5 Å². The third-order valence-corrected chi connectivity index (χ3v) is 4.66. The average Bonchev–Trinajstić information content (AvgIpc) is 3.05. The monoisotopic (exact) mass is 413 g/mol. The van der Waals surface area contributed by atoms with Crippen molar-refractivity contribution >= 4 is 29.4 Å². The summed E-state index contributed by atoms with van der Waals surface area (Å²) in [6.45, 7) is 0.360. The summed E-state index contributed by atoms with van der Waals surface area (Å²) in [5, 5.41) is 13.0. The van der Waals surface area contributed by atoms with Crippen LogP contribution in [0.3, 0.4) is 0 Å². The molecule has 8 nitrogen and oxygen atoms in total. The summed E-state index contributed by atoms with van der Waals surface area (Å²) in [4.78, 5) is 46.9. The number of rotatable bonds is 13. The van der Waals surface area contributed by atoms with Crippen molar-refractivity contribution in [2.24, 2.45) is 5.10 Å². The van der Waals surface area contributed by atoms with E-state index in [1.807, 2.05) is 30.3 Å². The molecule has 30 heavy (non-hydrogen) atoms. The van der Waals surface area contributed by atoms with Crippen LogP contribution in [0.2, 0.25) is 0 Å². The van der Waals surface area contributed by atoms with Gasteiger partial charge in [0.05, 0.1) is 5.71 Å². The lowest BCUT2D eigenvalue weighted by Gasteiger charge is -2.12. The highest BCUT2D eigenvalue weighted by Gasteiger charge is 2.22. The van der Waals surface area contributed by atoms with Crippen molar-refractivity contribution in [3.8, 4) is 0 Å². The van der Waals surface area contributed by atoms with Crippen molar-refractivity contribution in [3.05, 3.63) is 48.0 Å². The lowest BCUT2D eigenvalue weighted by atomic mass is 10.0. The second kappa shape index (κ2) is 12.3. The highest BCUT2D eigenvalue weighted by Crippen LogP contribution is 2.10. The molecule has 1 heterocycles. The minimum Gasteiger partial charge on any atom is -0.481 e. The van der Waals surface area contributed by atoms with Crippen molar-refractivity contribution in [1.29, 1.82) is 0 Å². The summed E-state index contributed by atoms with van der Waals surface area (Å²) >= 11 is 0. The molecule has 0 atom stereocenters. The van der Waals surface area contributed by atoms with Gasteiger partial charge < -0.3 is 5.11 Å². The van der Waals surface area contributed by atoms with Crippen LogP contribution in [-0.2, 0) is 19.2 Å². The van der Waals surface area contributed by atoms with E-state index in [1.54, 1.807) is 0 Å². The Kier molecular flexibility index (Phi) is 9.44. The van der Waals surface area contributed by atoms with Crippen LogP contribution in [0.4, 0.5) is 0 Å². The van der Waals surface area contributed by atoms with Gasteiger partial charge in [0.1, 0.15) is 0 Å². The Balaban J connectivity index is 1.73. The first-order chi connectivity index (χ1) is 14.5. The molecule has 2 rings (SSSR count). The number of hydrogen-bond donors (Lipinski definition) is 2. The molecule has 1 aromatic carbocycles. The molecule has 3 amide bonds. The van der Waals surface area contributed by atoms with E-state index in [0.717, 1.165) is 12.0 Å². The largest absolute Gasteiger partial charge is 0.481 e. The standard InChI is InChI=1S/C22H27N3O5/c26-19(12-5-2-8-16-25-20(27)14-15-21(25)28)24-23-18(11-6-7-13-22(29)30)17-9-3-1-4-10-17/h1,3-4,9-10,14-15H,2,5-8,11-13,16H2,(H,24,26)(H,29,30)/b23-18+. The lowest BCUT2D eigenvalue weighted by Crippen LogP contribution is -2.30. The summed E-state index contributed by atoms with van der Waals surface area (Å²) in [5.41, 5.74) is 4.19. The van der Waals surface area contributed by atoms with E-state index >= 15 is 0 Å². The maximum absolute atomic E-state index is 12.1. The van der Waals surface area contributed by atoms with Crippen LogP contribution in [0.1, 0.15) is 56.9 Å². The van der Waals surface area contributed by atoms with E-state index in [9.17, 15) is 19.2 Å². The van der Waals surface area contributed by atoms with Crippen LogP contribution in [0.25, 0.3) is 0 Å². The normalized spacial score (nSPS) is 13.7. The Morgan fingerprint density at radius 2 is 1.50 bits per heavy atom. The van der Waals surface area contributed by atoms with Gasteiger partial charge in [-0.2, -0.15) is 5.10 Å². The Hall–Kier alpha value is -3.29. The molecule has 8 heteroatoms. The van der Waals surface area contributed by atoms with E-state index in [2.05, 4.69) is 10.5 Å². The maximum Gasteiger partial charge on any atom is 0.303 e. The molecule has 1 aliphatic rings.